The summed E-state index contributed by atoms with van der Waals surface area (Å²) >= 11 is 0. The van der Waals surface area contributed by atoms with Crippen LogP contribution in [0.15, 0.2) is 23.8 Å². The van der Waals surface area contributed by atoms with Gasteiger partial charge in [0.1, 0.15) is 17.8 Å². The predicted molar refractivity (Wildman–Crippen MR) is 141 cm³/mol. The van der Waals surface area contributed by atoms with Crippen molar-refractivity contribution in [1.82, 2.24) is 0 Å². The second-order valence-electron chi connectivity index (χ2n) is 13.0. The SMILES string of the molecule is C=C[C@](C)(CCC1=C(C)[C@H](O)[C@@H](OC(=O)CC(C)C)[C@H]2C(C)(C)CCC[C@]12C)OC(=O)CC(C)C. The number of hydrogen-bond donors (Lipinski definition) is 1. The average Bonchev–Trinajstić information content (AvgIpc) is 2.69. The van der Waals surface area contributed by atoms with Crippen LogP contribution in [0, 0.1) is 28.6 Å². The molecule has 0 bridgehead atoms. The minimum atomic E-state index is -0.838. The molecule has 200 valence electrons. The molecule has 0 spiro atoms. The number of aliphatic hydroxyl groups excluding tert-OH is 1. The Balaban J connectivity index is 2.39. The molecule has 0 aromatic rings. The standard InChI is InChI=1S/C30H50O5/c1-11-29(9,35-24(32)18-20(4)5)16-13-22-21(6)25(33)26(34-23(31)17-19(2)3)27-28(7,8)14-12-15-30(22,27)10/h11,19-20,25-27,33H,1,12-18H2,2-10H3/t25-,26+,27-,29+,30+/m0/s1. The molecule has 1 saturated carbocycles. The highest BCUT2D eigenvalue weighted by Crippen LogP contribution is 2.61. The van der Waals surface area contributed by atoms with E-state index in [1.54, 1.807) is 6.08 Å². The highest BCUT2D eigenvalue weighted by molar-refractivity contribution is 5.70. The highest BCUT2D eigenvalue weighted by atomic mass is 16.6. The van der Waals surface area contributed by atoms with E-state index in [2.05, 4.69) is 27.4 Å². The van der Waals surface area contributed by atoms with Crippen LogP contribution in [0.5, 0.6) is 0 Å². The summed E-state index contributed by atoms with van der Waals surface area (Å²) in [6.45, 7) is 22.6. The maximum atomic E-state index is 12.7. The van der Waals surface area contributed by atoms with Crippen LogP contribution in [0.3, 0.4) is 0 Å². The van der Waals surface area contributed by atoms with Gasteiger partial charge in [0, 0.05) is 18.8 Å². The second-order valence-corrected chi connectivity index (χ2v) is 13.0. The quantitative estimate of drug-likeness (QED) is 0.270. The van der Waals surface area contributed by atoms with Crippen molar-refractivity contribution < 1.29 is 24.2 Å². The van der Waals surface area contributed by atoms with Gasteiger partial charge in [-0.05, 0) is 73.8 Å². The van der Waals surface area contributed by atoms with E-state index >= 15 is 0 Å². The molecule has 0 aromatic carbocycles. The lowest BCUT2D eigenvalue weighted by molar-refractivity contribution is -0.177. The van der Waals surface area contributed by atoms with Gasteiger partial charge in [-0.1, -0.05) is 67.0 Å². The van der Waals surface area contributed by atoms with Gasteiger partial charge in [-0.2, -0.15) is 0 Å². The summed E-state index contributed by atoms with van der Waals surface area (Å²) in [4.78, 5) is 25.1. The van der Waals surface area contributed by atoms with Crippen LogP contribution < -0.4 is 0 Å². The summed E-state index contributed by atoms with van der Waals surface area (Å²) in [7, 11) is 0. The fraction of sp³-hybridized carbons (Fsp3) is 0.800. The van der Waals surface area contributed by atoms with Crippen molar-refractivity contribution in [3.05, 3.63) is 23.8 Å². The maximum Gasteiger partial charge on any atom is 0.306 e. The van der Waals surface area contributed by atoms with E-state index in [4.69, 9.17) is 9.47 Å². The minimum Gasteiger partial charge on any atom is -0.459 e. The molecular weight excluding hydrogens is 440 g/mol. The predicted octanol–water partition coefficient (Wildman–Crippen LogP) is 6.78. The third-order valence-corrected chi connectivity index (χ3v) is 8.36. The molecule has 2 rings (SSSR count). The molecule has 2 aliphatic carbocycles. The number of ether oxygens (including phenoxy) is 2. The van der Waals surface area contributed by atoms with Gasteiger partial charge in [0.05, 0.1) is 0 Å². The van der Waals surface area contributed by atoms with Crippen LogP contribution in [0.1, 0.15) is 107 Å². The van der Waals surface area contributed by atoms with Gasteiger partial charge >= 0.3 is 11.9 Å². The maximum absolute atomic E-state index is 12.7. The topological polar surface area (TPSA) is 72.8 Å². The van der Waals surface area contributed by atoms with Gasteiger partial charge < -0.3 is 14.6 Å². The zero-order valence-corrected chi connectivity index (χ0v) is 23.7. The van der Waals surface area contributed by atoms with Gasteiger partial charge in [-0.25, -0.2) is 0 Å². The van der Waals surface area contributed by atoms with Gasteiger partial charge in [0.25, 0.3) is 0 Å². The molecular formula is C30H50O5. The summed E-state index contributed by atoms with van der Waals surface area (Å²) in [5.41, 5.74) is 1.03. The fourth-order valence-corrected chi connectivity index (χ4v) is 6.64. The van der Waals surface area contributed by atoms with Gasteiger partial charge in [0.15, 0.2) is 0 Å². The van der Waals surface area contributed by atoms with Crippen molar-refractivity contribution >= 4 is 11.9 Å². The van der Waals surface area contributed by atoms with E-state index in [1.807, 2.05) is 41.5 Å². The van der Waals surface area contributed by atoms with Crippen LogP contribution in [0.4, 0.5) is 0 Å². The third kappa shape index (κ3) is 6.78. The molecule has 5 heteroatoms. The first-order chi connectivity index (χ1) is 16.1. The Kier molecular flexibility index (Phi) is 9.47. The molecule has 0 aromatic heterocycles. The first kappa shape index (κ1) is 29.6. The minimum absolute atomic E-state index is 0.00652. The Morgan fingerprint density at radius 2 is 1.69 bits per heavy atom. The lowest BCUT2D eigenvalue weighted by atomic mass is 9.48. The number of carbonyl (C=O) groups is 2. The largest absolute Gasteiger partial charge is 0.459 e. The van der Waals surface area contributed by atoms with E-state index in [-0.39, 0.29) is 40.5 Å². The van der Waals surface area contributed by atoms with Crippen molar-refractivity contribution in [3.8, 4) is 0 Å². The summed E-state index contributed by atoms with van der Waals surface area (Å²) in [5, 5.41) is 11.5. The van der Waals surface area contributed by atoms with Crippen molar-refractivity contribution in [2.45, 2.75) is 125 Å². The van der Waals surface area contributed by atoms with Gasteiger partial charge in [-0.3, -0.25) is 9.59 Å². The van der Waals surface area contributed by atoms with E-state index < -0.39 is 17.8 Å². The van der Waals surface area contributed by atoms with Crippen molar-refractivity contribution in [1.29, 1.82) is 0 Å². The molecule has 0 heterocycles. The number of esters is 2. The molecule has 5 nitrogen and oxygen atoms in total. The molecule has 0 unspecified atom stereocenters. The zero-order valence-electron chi connectivity index (χ0n) is 23.7. The van der Waals surface area contributed by atoms with E-state index in [1.165, 1.54) is 5.57 Å². The second kappa shape index (κ2) is 11.2. The van der Waals surface area contributed by atoms with Crippen molar-refractivity contribution in [2.75, 3.05) is 0 Å². The number of aliphatic hydroxyl groups is 1. The number of fused-ring (bicyclic) bond motifs is 1. The Morgan fingerprint density at radius 3 is 2.23 bits per heavy atom. The number of carbonyl (C=O) groups excluding carboxylic acids is 2. The molecule has 0 aliphatic heterocycles. The van der Waals surface area contributed by atoms with Crippen LogP contribution in [0.25, 0.3) is 0 Å². The third-order valence-electron chi connectivity index (χ3n) is 8.36. The zero-order chi connectivity index (χ0) is 26.8. The first-order valence-corrected chi connectivity index (χ1v) is 13.5. The smallest absolute Gasteiger partial charge is 0.306 e. The molecule has 5 atom stereocenters. The monoisotopic (exact) mass is 490 g/mol. The normalized spacial score (nSPS) is 30.0. The Hall–Kier alpha value is -1.62. The number of rotatable bonds is 10. The van der Waals surface area contributed by atoms with Crippen molar-refractivity contribution in [2.24, 2.45) is 28.6 Å². The molecule has 2 aliphatic rings. The molecule has 1 fully saturated rings. The summed E-state index contributed by atoms with van der Waals surface area (Å²) in [6.07, 6.45) is 5.44. The molecule has 1 N–H and O–H groups in total. The number of hydrogen-bond acceptors (Lipinski definition) is 5. The van der Waals surface area contributed by atoms with Gasteiger partial charge in [0.2, 0.25) is 0 Å². The molecule has 0 amide bonds. The summed E-state index contributed by atoms with van der Waals surface area (Å²) in [5.74, 6) is -0.00480. The van der Waals surface area contributed by atoms with Gasteiger partial charge in [-0.15, -0.1) is 0 Å². The molecule has 0 radical (unpaired) electrons. The van der Waals surface area contributed by atoms with Crippen LogP contribution in [-0.4, -0.2) is 34.9 Å². The van der Waals surface area contributed by atoms with Crippen LogP contribution in [0.2, 0.25) is 0 Å². The van der Waals surface area contributed by atoms with Crippen LogP contribution >= 0.6 is 0 Å². The number of allylic oxidation sites excluding steroid dienone is 1. The Labute approximate surface area is 213 Å². The van der Waals surface area contributed by atoms with E-state index in [9.17, 15) is 14.7 Å². The van der Waals surface area contributed by atoms with E-state index in [0.717, 1.165) is 24.8 Å². The lowest BCUT2D eigenvalue weighted by Crippen LogP contribution is -2.58. The summed E-state index contributed by atoms with van der Waals surface area (Å²) in [6, 6.07) is 0. The van der Waals surface area contributed by atoms with Crippen LogP contribution in [-0.2, 0) is 19.1 Å². The van der Waals surface area contributed by atoms with Crippen molar-refractivity contribution in [3.63, 3.8) is 0 Å². The molecule has 35 heavy (non-hydrogen) atoms. The highest BCUT2D eigenvalue weighted by Gasteiger charge is 2.58. The fourth-order valence-electron chi connectivity index (χ4n) is 6.64. The van der Waals surface area contributed by atoms with E-state index in [0.29, 0.717) is 25.7 Å². The first-order valence-electron chi connectivity index (χ1n) is 13.5. The Bertz CT molecular complexity index is 823. The lowest BCUT2D eigenvalue weighted by Gasteiger charge is -2.58. The molecule has 0 saturated heterocycles. The Morgan fingerprint density at radius 1 is 1.11 bits per heavy atom. The average molecular weight is 491 g/mol. The summed E-state index contributed by atoms with van der Waals surface area (Å²) < 4.78 is 11.9.